The van der Waals surface area contributed by atoms with Crippen LogP contribution in [0.4, 0.5) is 5.69 Å². The largest absolute Gasteiger partial charge is 0.490 e. The van der Waals surface area contributed by atoms with E-state index in [1.54, 1.807) is 12.1 Å². The highest BCUT2D eigenvalue weighted by Gasteiger charge is 2.16. The average Bonchev–Trinajstić information content (AvgIpc) is 2.49. The van der Waals surface area contributed by atoms with Gasteiger partial charge in [-0.2, -0.15) is 0 Å². The molecule has 4 nitrogen and oxygen atoms in total. The van der Waals surface area contributed by atoms with E-state index in [1.807, 2.05) is 44.2 Å². The summed E-state index contributed by atoms with van der Waals surface area (Å²) in [6.45, 7) is 4.93. The van der Waals surface area contributed by atoms with Crippen molar-refractivity contribution in [1.82, 2.24) is 0 Å². The topological polar surface area (TPSA) is 64.7 Å². The third-order valence-corrected chi connectivity index (χ3v) is 3.17. The van der Waals surface area contributed by atoms with Crippen LogP contribution in [0.25, 0.3) is 0 Å². The summed E-state index contributed by atoms with van der Waals surface area (Å²) < 4.78 is 11.1. The van der Waals surface area contributed by atoms with Gasteiger partial charge in [-0.05, 0) is 37.6 Å². The molecule has 0 saturated carbocycles. The molecule has 0 aromatic heterocycles. The van der Waals surface area contributed by atoms with E-state index in [1.165, 1.54) is 0 Å². The zero-order chi connectivity index (χ0) is 15.2. The Balaban J connectivity index is 2.35. The van der Waals surface area contributed by atoms with E-state index in [9.17, 15) is 5.11 Å². The van der Waals surface area contributed by atoms with Crippen LogP contribution in [-0.4, -0.2) is 18.3 Å². The Morgan fingerprint density at radius 1 is 1.00 bits per heavy atom. The van der Waals surface area contributed by atoms with Crippen LogP contribution >= 0.6 is 0 Å². The first-order valence-corrected chi connectivity index (χ1v) is 7.09. The van der Waals surface area contributed by atoms with Crippen molar-refractivity contribution >= 4 is 5.69 Å². The summed E-state index contributed by atoms with van der Waals surface area (Å²) in [6, 6.07) is 12.7. The van der Waals surface area contributed by atoms with Gasteiger partial charge < -0.3 is 20.3 Å². The summed E-state index contributed by atoms with van der Waals surface area (Å²) in [5.74, 6) is 1.31. The molecule has 2 rings (SSSR count). The fourth-order valence-electron chi connectivity index (χ4n) is 2.18. The maximum Gasteiger partial charge on any atom is 0.161 e. The first kappa shape index (κ1) is 15.2. The second kappa shape index (κ2) is 6.99. The molecule has 4 heteroatoms. The number of hydrogen-bond donors (Lipinski definition) is 2. The number of para-hydroxylation sites is 1. The standard InChI is InChI=1S/C17H21NO3/c1-3-20-15-10-9-12(11-16(15)21-4-2)17(19)13-7-5-6-8-14(13)18/h5-11,17,19H,3-4,18H2,1-2H3. The van der Waals surface area contributed by atoms with Crippen LogP contribution in [-0.2, 0) is 0 Å². The highest BCUT2D eigenvalue weighted by atomic mass is 16.5. The molecule has 2 aromatic carbocycles. The number of anilines is 1. The van der Waals surface area contributed by atoms with Crippen molar-refractivity contribution in [2.45, 2.75) is 20.0 Å². The molecule has 2 aromatic rings. The highest BCUT2D eigenvalue weighted by molar-refractivity contribution is 5.52. The SMILES string of the molecule is CCOc1ccc(C(O)c2ccccc2N)cc1OCC. The third kappa shape index (κ3) is 3.47. The lowest BCUT2D eigenvalue weighted by Crippen LogP contribution is -2.05. The van der Waals surface area contributed by atoms with Gasteiger partial charge in [0.05, 0.1) is 13.2 Å². The Hall–Kier alpha value is -2.20. The minimum atomic E-state index is -0.791. The first-order valence-electron chi connectivity index (χ1n) is 7.09. The monoisotopic (exact) mass is 287 g/mol. The molecule has 0 aliphatic carbocycles. The molecule has 0 saturated heterocycles. The molecule has 0 fully saturated rings. The molecular weight excluding hydrogens is 266 g/mol. The van der Waals surface area contributed by atoms with Gasteiger partial charge in [-0.1, -0.05) is 24.3 Å². The van der Waals surface area contributed by atoms with Crippen molar-refractivity contribution in [2.75, 3.05) is 18.9 Å². The Bertz CT molecular complexity index is 598. The van der Waals surface area contributed by atoms with Gasteiger partial charge >= 0.3 is 0 Å². The number of rotatable bonds is 6. The molecule has 112 valence electrons. The van der Waals surface area contributed by atoms with Crippen molar-refractivity contribution in [1.29, 1.82) is 0 Å². The number of hydrogen-bond acceptors (Lipinski definition) is 4. The van der Waals surface area contributed by atoms with Crippen LogP contribution in [0.3, 0.4) is 0 Å². The van der Waals surface area contributed by atoms with Crippen molar-refractivity contribution in [2.24, 2.45) is 0 Å². The van der Waals surface area contributed by atoms with Crippen LogP contribution in [0, 0.1) is 0 Å². The van der Waals surface area contributed by atoms with Gasteiger partial charge in [0.2, 0.25) is 0 Å². The minimum absolute atomic E-state index is 0.535. The van der Waals surface area contributed by atoms with E-state index in [-0.39, 0.29) is 0 Å². The second-order valence-electron chi connectivity index (χ2n) is 4.60. The molecule has 21 heavy (non-hydrogen) atoms. The smallest absolute Gasteiger partial charge is 0.161 e. The van der Waals surface area contributed by atoms with E-state index in [0.29, 0.717) is 36.0 Å². The van der Waals surface area contributed by atoms with Crippen molar-refractivity contribution in [3.8, 4) is 11.5 Å². The Kier molecular flexibility index (Phi) is 5.06. The van der Waals surface area contributed by atoms with Crippen molar-refractivity contribution in [3.63, 3.8) is 0 Å². The summed E-state index contributed by atoms with van der Waals surface area (Å²) >= 11 is 0. The van der Waals surface area contributed by atoms with Crippen LogP contribution in [0.5, 0.6) is 11.5 Å². The van der Waals surface area contributed by atoms with E-state index in [2.05, 4.69) is 0 Å². The van der Waals surface area contributed by atoms with Gasteiger partial charge in [0.15, 0.2) is 11.5 Å². The molecule has 1 atom stereocenters. The van der Waals surface area contributed by atoms with Gasteiger partial charge in [-0.3, -0.25) is 0 Å². The first-order chi connectivity index (χ1) is 10.2. The molecule has 0 spiro atoms. The Morgan fingerprint density at radius 3 is 2.33 bits per heavy atom. The number of aliphatic hydroxyl groups excluding tert-OH is 1. The second-order valence-corrected chi connectivity index (χ2v) is 4.60. The Morgan fingerprint density at radius 2 is 1.67 bits per heavy atom. The van der Waals surface area contributed by atoms with Crippen LogP contribution < -0.4 is 15.2 Å². The van der Waals surface area contributed by atoms with Crippen LogP contribution in [0.15, 0.2) is 42.5 Å². The van der Waals surface area contributed by atoms with Crippen molar-refractivity contribution in [3.05, 3.63) is 53.6 Å². The molecule has 0 amide bonds. The summed E-state index contributed by atoms with van der Waals surface area (Å²) in [7, 11) is 0. The predicted molar refractivity (Wildman–Crippen MR) is 83.7 cm³/mol. The van der Waals surface area contributed by atoms with E-state index >= 15 is 0 Å². The molecule has 3 N–H and O–H groups in total. The van der Waals surface area contributed by atoms with E-state index < -0.39 is 6.10 Å². The Labute approximate surface area is 125 Å². The number of benzene rings is 2. The molecule has 1 unspecified atom stereocenters. The molecule has 0 radical (unpaired) electrons. The lowest BCUT2D eigenvalue weighted by Gasteiger charge is -2.17. The van der Waals surface area contributed by atoms with E-state index in [0.717, 1.165) is 5.56 Å². The summed E-state index contributed by atoms with van der Waals surface area (Å²) in [5, 5.41) is 10.5. The van der Waals surface area contributed by atoms with Gasteiger partial charge in [-0.15, -0.1) is 0 Å². The fourth-order valence-corrected chi connectivity index (χ4v) is 2.18. The molecular formula is C17H21NO3. The molecule has 0 bridgehead atoms. The van der Waals surface area contributed by atoms with Gasteiger partial charge in [0.1, 0.15) is 6.10 Å². The fraction of sp³-hybridized carbons (Fsp3) is 0.294. The number of nitrogens with two attached hydrogens (primary N) is 1. The maximum absolute atomic E-state index is 10.5. The number of aliphatic hydroxyl groups is 1. The quantitative estimate of drug-likeness (QED) is 0.801. The highest BCUT2D eigenvalue weighted by Crippen LogP contribution is 2.34. The van der Waals surface area contributed by atoms with Crippen molar-refractivity contribution < 1.29 is 14.6 Å². The van der Waals surface area contributed by atoms with Crippen LogP contribution in [0.1, 0.15) is 31.1 Å². The number of ether oxygens (including phenoxy) is 2. The van der Waals surface area contributed by atoms with Crippen LogP contribution in [0.2, 0.25) is 0 Å². The summed E-state index contributed by atoms with van der Waals surface area (Å²) in [6.07, 6.45) is -0.791. The normalized spacial score (nSPS) is 12.0. The zero-order valence-electron chi connectivity index (χ0n) is 12.4. The molecule has 0 aliphatic rings. The molecule has 0 aliphatic heterocycles. The zero-order valence-corrected chi connectivity index (χ0v) is 12.4. The van der Waals surface area contributed by atoms with E-state index in [4.69, 9.17) is 15.2 Å². The summed E-state index contributed by atoms with van der Waals surface area (Å²) in [4.78, 5) is 0. The predicted octanol–water partition coefficient (Wildman–Crippen LogP) is 3.15. The van der Waals surface area contributed by atoms with Gasteiger partial charge in [0, 0.05) is 11.3 Å². The average molecular weight is 287 g/mol. The number of nitrogen functional groups attached to an aromatic ring is 1. The summed E-state index contributed by atoms with van der Waals surface area (Å²) in [5.41, 5.74) is 7.89. The lowest BCUT2D eigenvalue weighted by molar-refractivity contribution is 0.219. The van der Waals surface area contributed by atoms with Gasteiger partial charge in [0.25, 0.3) is 0 Å². The van der Waals surface area contributed by atoms with Gasteiger partial charge in [-0.25, -0.2) is 0 Å². The minimum Gasteiger partial charge on any atom is -0.490 e. The third-order valence-electron chi connectivity index (χ3n) is 3.17. The molecule has 0 heterocycles. The maximum atomic E-state index is 10.5. The lowest BCUT2D eigenvalue weighted by atomic mass is 9.99.